The number of phenols is 1. The summed E-state index contributed by atoms with van der Waals surface area (Å²) < 4.78 is 52.5. The molecule has 0 radical (unpaired) electrons. The molecule has 14 heteroatoms. The van der Waals surface area contributed by atoms with Gasteiger partial charge in [0.1, 0.15) is 35.9 Å². The number of phenolic OH excluding ortho intramolecular Hbond substituents is 1. The van der Waals surface area contributed by atoms with Crippen molar-refractivity contribution in [2.45, 2.75) is 71.1 Å². The normalized spacial score (nSPS) is 23.0. The number of carbonyl (C=O) groups is 1. The number of benzene rings is 2. The second-order valence-electron chi connectivity index (χ2n) is 15.4. The van der Waals surface area contributed by atoms with Crippen LogP contribution in [-0.2, 0) is 11.2 Å². The van der Waals surface area contributed by atoms with Gasteiger partial charge in [0.2, 0.25) is 0 Å². The van der Waals surface area contributed by atoms with Crippen LogP contribution in [0.3, 0.4) is 0 Å². The molecule has 4 aliphatic rings. The van der Waals surface area contributed by atoms with E-state index in [1.54, 1.807) is 18.2 Å². The molecule has 0 bridgehead atoms. The maximum absolute atomic E-state index is 16.0. The minimum Gasteiger partial charge on any atom is -0.508 e. The molecular formula is C42H49F3N8O3. The number of alkyl halides is 1. The van der Waals surface area contributed by atoms with Gasteiger partial charge in [0.25, 0.3) is 5.91 Å². The SMILES string of the molecule is C/C=C1\C(=NC(C)C)C(c2cc(O)cc3ccc(F)c(CC)c23)=Cc2nc(OCC34CCN3CC(F)C4)nc(N3CCCN=C(/C(F)=C(\N)C(=O)N(C)C)C3)c21. The van der Waals surface area contributed by atoms with Crippen molar-refractivity contribution in [1.82, 2.24) is 19.8 Å². The number of aromatic nitrogens is 2. The number of carbonyl (C=O) groups excluding carboxylic acids is 1. The Bertz CT molecular complexity index is 2250. The number of aromatic hydroxyl groups is 1. The van der Waals surface area contributed by atoms with Crippen molar-refractivity contribution in [3.63, 3.8) is 0 Å². The molecule has 0 spiro atoms. The van der Waals surface area contributed by atoms with Crippen LogP contribution < -0.4 is 15.4 Å². The molecule has 2 fully saturated rings. The number of nitrogens with two attached hydrogens (primary N) is 1. The first-order chi connectivity index (χ1) is 26.7. The Hall–Kier alpha value is -5.24. The molecule has 11 nitrogen and oxygen atoms in total. The standard InChI is InChI=1S/C42H49F3N8O3/c1-7-27-31(44)11-10-24-16-26(54)17-29(34(24)27)30-18-32-35(28(8-2)38(30)48-23(3)4)39(50-41(49-32)56-22-42-12-15-53(42)20-25(43)19-42)52-14-9-13-47-33(21-52)36(45)37(46)40(55)51(5)6/h8,10-11,16-18,23,25,54H,7,9,12-15,19-22,46H2,1-6H3/b28-8-,37-36+,48-38?. The van der Waals surface area contributed by atoms with Crippen LogP contribution in [0.15, 0.2) is 51.9 Å². The van der Waals surface area contributed by atoms with Gasteiger partial charge >= 0.3 is 6.01 Å². The Balaban J connectivity index is 1.44. The number of likely N-dealkylation sites (N-methyl/N-ethyl adjacent to an activating group) is 1. The van der Waals surface area contributed by atoms with Crippen LogP contribution >= 0.6 is 0 Å². The maximum Gasteiger partial charge on any atom is 0.319 e. The minimum atomic E-state index is -0.943. The quantitative estimate of drug-likeness (QED) is 0.243. The number of nitrogens with zero attached hydrogens (tertiary/aromatic N) is 7. The lowest BCUT2D eigenvalue weighted by Gasteiger charge is -2.47. The van der Waals surface area contributed by atoms with Gasteiger partial charge in [0.05, 0.1) is 34.8 Å². The first-order valence-electron chi connectivity index (χ1n) is 19.3. The molecule has 3 aromatic rings. The van der Waals surface area contributed by atoms with E-state index in [-0.39, 0.29) is 42.5 Å². The average molecular weight is 771 g/mol. The van der Waals surface area contributed by atoms with E-state index < -0.39 is 29.1 Å². The first-order valence-corrected chi connectivity index (χ1v) is 19.3. The van der Waals surface area contributed by atoms with Crippen LogP contribution in [0.1, 0.15) is 69.3 Å². The highest BCUT2D eigenvalue weighted by Gasteiger charge is 2.53. The topological polar surface area (TPSA) is 133 Å². The van der Waals surface area contributed by atoms with E-state index in [2.05, 4.69) is 9.89 Å². The zero-order valence-electron chi connectivity index (χ0n) is 32.8. The number of fused-ring (bicyclic) bond motifs is 3. The van der Waals surface area contributed by atoms with Crippen molar-refractivity contribution in [2.24, 2.45) is 15.7 Å². The Morgan fingerprint density at radius 1 is 1.23 bits per heavy atom. The van der Waals surface area contributed by atoms with E-state index in [0.717, 1.165) is 13.0 Å². The molecule has 1 aliphatic carbocycles. The highest BCUT2D eigenvalue weighted by atomic mass is 19.1. The minimum absolute atomic E-state index is 0.0108. The number of anilines is 1. The zero-order chi connectivity index (χ0) is 40.1. The van der Waals surface area contributed by atoms with E-state index in [1.165, 1.54) is 25.1 Å². The van der Waals surface area contributed by atoms with Crippen LogP contribution in [0.5, 0.6) is 11.8 Å². The fraction of sp³-hybridized carbons (Fsp3) is 0.452. The third-order valence-corrected chi connectivity index (χ3v) is 11.1. The second-order valence-corrected chi connectivity index (χ2v) is 15.4. The van der Waals surface area contributed by atoms with Gasteiger partial charge in [-0.25, -0.2) is 13.2 Å². The number of rotatable bonds is 9. The van der Waals surface area contributed by atoms with E-state index >= 15 is 8.78 Å². The van der Waals surface area contributed by atoms with Crippen LogP contribution in [0.25, 0.3) is 28.0 Å². The van der Waals surface area contributed by atoms with Crippen molar-refractivity contribution in [2.75, 3.05) is 58.3 Å². The Morgan fingerprint density at radius 3 is 2.68 bits per heavy atom. The van der Waals surface area contributed by atoms with Crippen LogP contribution in [0, 0.1) is 5.82 Å². The number of allylic oxidation sites excluding steroid dienone is 3. The molecule has 3 N–H and O–H groups in total. The molecule has 2 saturated heterocycles. The summed E-state index contributed by atoms with van der Waals surface area (Å²) in [4.78, 5) is 37.4. The highest BCUT2D eigenvalue weighted by Crippen LogP contribution is 2.45. The maximum atomic E-state index is 16.0. The van der Waals surface area contributed by atoms with Gasteiger partial charge in [0, 0.05) is 63.9 Å². The molecule has 1 amide bonds. The molecular weight excluding hydrogens is 722 g/mol. The van der Waals surface area contributed by atoms with Gasteiger partial charge in [-0.3, -0.25) is 19.7 Å². The van der Waals surface area contributed by atoms with Crippen LogP contribution in [0.4, 0.5) is 19.0 Å². The van der Waals surface area contributed by atoms with Gasteiger partial charge in [-0.2, -0.15) is 9.97 Å². The number of hydrogen-bond donors (Lipinski definition) is 2. The van der Waals surface area contributed by atoms with Crippen LogP contribution in [-0.4, -0.2) is 113 Å². The number of aliphatic imine (C=N–C) groups is 2. The third kappa shape index (κ3) is 7.03. The first kappa shape index (κ1) is 39.0. The smallest absolute Gasteiger partial charge is 0.319 e. The zero-order valence-corrected chi connectivity index (χ0v) is 32.8. The molecule has 3 aliphatic heterocycles. The Labute approximate surface area is 325 Å². The summed E-state index contributed by atoms with van der Waals surface area (Å²) in [5.74, 6) is -1.47. The number of hydrogen-bond acceptors (Lipinski definition) is 10. The predicted molar refractivity (Wildman–Crippen MR) is 215 cm³/mol. The Morgan fingerprint density at radius 2 is 2.02 bits per heavy atom. The lowest BCUT2D eigenvalue weighted by atomic mass is 9.82. The van der Waals surface area contributed by atoms with E-state index in [9.17, 15) is 14.3 Å². The van der Waals surface area contributed by atoms with Gasteiger partial charge in [-0.1, -0.05) is 19.1 Å². The summed E-state index contributed by atoms with van der Waals surface area (Å²) in [5.41, 5.74) is 9.13. The van der Waals surface area contributed by atoms with Crippen molar-refractivity contribution < 1.29 is 27.8 Å². The monoisotopic (exact) mass is 770 g/mol. The highest BCUT2D eigenvalue weighted by molar-refractivity contribution is 6.50. The lowest BCUT2D eigenvalue weighted by Crippen LogP contribution is -2.59. The summed E-state index contributed by atoms with van der Waals surface area (Å²) in [6.45, 7) is 9.69. The Kier molecular flexibility index (Phi) is 10.7. The summed E-state index contributed by atoms with van der Waals surface area (Å²) >= 11 is 0. The van der Waals surface area contributed by atoms with Crippen molar-refractivity contribution in [3.8, 4) is 11.8 Å². The largest absolute Gasteiger partial charge is 0.508 e. The summed E-state index contributed by atoms with van der Waals surface area (Å²) in [6.07, 6.45) is 4.94. The summed E-state index contributed by atoms with van der Waals surface area (Å²) in [6, 6.07) is 6.20. The van der Waals surface area contributed by atoms with E-state index in [4.69, 9.17) is 25.4 Å². The van der Waals surface area contributed by atoms with Crippen molar-refractivity contribution >= 4 is 51.1 Å². The molecule has 4 heterocycles. The third-order valence-electron chi connectivity index (χ3n) is 11.1. The van der Waals surface area contributed by atoms with Gasteiger partial charge in [-0.15, -0.1) is 0 Å². The number of ether oxygens (including phenoxy) is 1. The van der Waals surface area contributed by atoms with Crippen molar-refractivity contribution in [3.05, 3.63) is 70.1 Å². The van der Waals surface area contributed by atoms with E-state index in [0.29, 0.717) is 94.7 Å². The molecule has 2 atom stereocenters. The lowest BCUT2D eigenvalue weighted by molar-refractivity contribution is -0.124. The molecule has 2 aromatic carbocycles. The number of aryl methyl sites for hydroxylation is 1. The fourth-order valence-electron chi connectivity index (χ4n) is 8.35. The van der Waals surface area contributed by atoms with Gasteiger partial charge in [-0.05, 0) is 86.2 Å². The average Bonchev–Trinajstić information content (AvgIpc) is 3.30. The number of amides is 1. The summed E-state index contributed by atoms with van der Waals surface area (Å²) in [7, 11) is 2.99. The number of halogens is 3. The molecule has 7 rings (SSSR count). The van der Waals surface area contributed by atoms with Gasteiger partial charge in [0.15, 0.2) is 5.83 Å². The second kappa shape index (κ2) is 15.4. The van der Waals surface area contributed by atoms with Gasteiger partial charge < -0.3 is 25.4 Å². The van der Waals surface area contributed by atoms with Crippen molar-refractivity contribution in [1.29, 1.82) is 0 Å². The predicted octanol–water partition coefficient (Wildman–Crippen LogP) is 6.29. The molecule has 1 aromatic heterocycles. The molecule has 0 saturated carbocycles. The van der Waals surface area contributed by atoms with E-state index in [1.807, 2.05) is 44.7 Å². The summed E-state index contributed by atoms with van der Waals surface area (Å²) in [5, 5.41) is 12.4. The fourth-order valence-corrected chi connectivity index (χ4v) is 8.35. The molecule has 56 heavy (non-hydrogen) atoms. The molecule has 296 valence electrons. The van der Waals surface area contributed by atoms with Crippen LogP contribution in [0.2, 0.25) is 0 Å². The molecule has 2 unspecified atom stereocenters.